The van der Waals surface area contributed by atoms with Crippen LogP contribution in [0.15, 0.2) is 30.3 Å². The first-order valence-electron chi connectivity index (χ1n) is 4.39. The van der Waals surface area contributed by atoms with E-state index in [1.165, 1.54) is 5.56 Å². The molecule has 13 heavy (non-hydrogen) atoms. The Balaban J connectivity index is 2.89. The molecule has 0 bridgehead atoms. The van der Waals surface area contributed by atoms with Crippen LogP contribution in [-0.2, 0) is 10.3 Å². The Kier molecular flexibility index (Phi) is 4.19. The third-order valence-corrected chi connectivity index (χ3v) is 2.95. The Morgan fingerprint density at radius 2 is 1.92 bits per heavy atom. The second-order valence-electron chi connectivity index (χ2n) is 3.24. The minimum atomic E-state index is -0.123. The Labute approximate surface area is 93.6 Å². The molecule has 1 aromatic rings. The van der Waals surface area contributed by atoms with Gasteiger partial charge in [0.25, 0.3) is 0 Å². The van der Waals surface area contributed by atoms with Crippen LogP contribution in [0.3, 0.4) is 0 Å². The summed E-state index contributed by atoms with van der Waals surface area (Å²) in [5, 5.41) is 0. The van der Waals surface area contributed by atoms with Crippen LogP contribution in [0.2, 0.25) is 0 Å². The number of ether oxygens (including phenoxy) is 1. The molecule has 1 unspecified atom stereocenters. The third kappa shape index (κ3) is 2.68. The van der Waals surface area contributed by atoms with Crippen LogP contribution in [0.4, 0.5) is 0 Å². The molecule has 1 nitrogen and oxygen atoms in total. The summed E-state index contributed by atoms with van der Waals surface area (Å²) >= 11 is 2.38. The van der Waals surface area contributed by atoms with Gasteiger partial charge >= 0.3 is 0 Å². The summed E-state index contributed by atoms with van der Waals surface area (Å²) in [5.74, 6) is 0. The van der Waals surface area contributed by atoms with Gasteiger partial charge in [0.2, 0.25) is 0 Å². The van der Waals surface area contributed by atoms with E-state index in [-0.39, 0.29) is 5.60 Å². The first kappa shape index (κ1) is 11.0. The van der Waals surface area contributed by atoms with Gasteiger partial charge in [-0.1, -0.05) is 52.9 Å². The highest BCUT2D eigenvalue weighted by molar-refractivity contribution is 14.1. The monoisotopic (exact) mass is 290 g/mol. The highest BCUT2D eigenvalue weighted by Crippen LogP contribution is 2.28. The van der Waals surface area contributed by atoms with Crippen molar-refractivity contribution >= 4 is 22.6 Å². The van der Waals surface area contributed by atoms with Crippen LogP contribution in [0.5, 0.6) is 0 Å². The smallest absolute Gasteiger partial charge is 0.0906 e. The van der Waals surface area contributed by atoms with Crippen molar-refractivity contribution in [2.24, 2.45) is 0 Å². The average Bonchev–Trinajstić information content (AvgIpc) is 2.19. The topological polar surface area (TPSA) is 9.23 Å². The normalized spacial score (nSPS) is 15.3. The zero-order valence-electron chi connectivity index (χ0n) is 8.09. The number of halogens is 1. The Morgan fingerprint density at radius 3 is 2.38 bits per heavy atom. The molecule has 1 rings (SSSR count). The van der Waals surface area contributed by atoms with Crippen molar-refractivity contribution < 1.29 is 4.74 Å². The molecule has 0 radical (unpaired) electrons. The van der Waals surface area contributed by atoms with Crippen LogP contribution in [-0.4, -0.2) is 11.5 Å². The molecule has 72 valence electrons. The largest absolute Gasteiger partial charge is 0.374 e. The predicted molar refractivity (Wildman–Crippen MR) is 64.3 cm³/mol. The van der Waals surface area contributed by atoms with Gasteiger partial charge in [0.1, 0.15) is 0 Å². The van der Waals surface area contributed by atoms with E-state index in [1.54, 1.807) is 7.11 Å². The first-order valence-corrected chi connectivity index (χ1v) is 5.92. The summed E-state index contributed by atoms with van der Waals surface area (Å²) in [4.78, 5) is 0. The van der Waals surface area contributed by atoms with Crippen LogP contribution >= 0.6 is 22.6 Å². The molecule has 0 spiro atoms. The van der Waals surface area contributed by atoms with E-state index in [4.69, 9.17) is 4.74 Å². The lowest BCUT2D eigenvalue weighted by atomic mass is 9.93. The highest BCUT2D eigenvalue weighted by Gasteiger charge is 2.24. The van der Waals surface area contributed by atoms with E-state index < -0.39 is 0 Å². The number of benzene rings is 1. The Bertz CT molecular complexity index is 248. The first-order chi connectivity index (χ1) is 6.23. The molecule has 0 aliphatic heterocycles. The number of methoxy groups -OCH3 is 1. The van der Waals surface area contributed by atoms with E-state index >= 15 is 0 Å². The summed E-state index contributed by atoms with van der Waals surface area (Å²) in [7, 11) is 1.78. The number of hydrogen-bond acceptors (Lipinski definition) is 1. The SMILES string of the molecule is COC(C)(CCI)c1ccccc1. The van der Waals surface area contributed by atoms with Crippen LogP contribution in [0.25, 0.3) is 0 Å². The van der Waals surface area contributed by atoms with Crippen molar-refractivity contribution in [1.29, 1.82) is 0 Å². The Morgan fingerprint density at radius 1 is 1.31 bits per heavy atom. The van der Waals surface area contributed by atoms with Crippen LogP contribution in [0, 0.1) is 0 Å². The minimum Gasteiger partial charge on any atom is -0.374 e. The van der Waals surface area contributed by atoms with Crippen molar-refractivity contribution in [2.75, 3.05) is 11.5 Å². The molecule has 0 fully saturated rings. The van der Waals surface area contributed by atoms with Gasteiger partial charge in [-0.3, -0.25) is 0 Å². The highest BCUT2D eigenvalue weighted by atomic mass is 127. The second kappa shape index (κ2) is 4.96. The maximum absolute atomic E-state index is 5.56. The standard InChI is InChI=1S/C11H15IO/c1-11(13-2,8-9-12)10-6-4-3-5-7-10/h3-7H,8-9H2,1-2H3. The molecule has 2 heteroatoms. The molecule has 1 atom stereocenters. The van der Waals surface area contributed by atoms with Crippen LogP contribution in [0.1, 0.15) is 18.9 Å². The molecule has 0 aliphatic rings. The van der Waals surface area contributed by atoms with E-state index in [0.717, 1.165) is 10.8 Å². The van der Waals surface area contributed by atoms with Crippen molar-refractivity contribution in [3.05, 3.63) is 35.9 Å². The zero-order valence-corrected chi connectivity index (χ0v) is 10.2. The molecule has 0 N–H and O–H groups in total. The number of alkyl halides is 1. The molecule has 1 aromatic carbocycles. The van der Waals surface area contributed by atoms with Gasteiger partial charge < -0.3 is 4.74 Å². The molecule has 0 aliphatic carbocycles. The Hall–Kier alpha value is -0.0900. The molecular formula is C11H15IO. The van der Waals surface area contributed by atoms with Gasteiger partial charge in [-0.2, -0.15) is 0 Å². The molecular weight excluding hydrogens is 275 g/mol. The van der Waals surface area contributed by atoms with E-state index in [0.29, 0.717) is 0 Å². The number of rotatable bonds is 4. The molecule has 0 saturated carbocycles. The fourth-order valence-corrected chi connectivity index (χ4v) is 2.36. The van der Waals surface area contributed by atoms with Crippen molar-refractivity contribution in [2.45, 2.75) is 18.9 Å². The fraction of sp³-hybridized carbons (Fsp3) is 0.455. The quantitative estimate of drug-likeness (QED) is 0.610. The molecule has 0 heterocycles. The van der Waals surface area contributed by atoms with Crippen LogP contribution < -0.4 is 0 Å². The predicted octanol–water partition coefficient (Wildman–Crippen LogP) is 3.37. The summed E-state index contributed by atoms with van der Waals surface area (Å²) in [6.45, 7) is 2.14. The zero-order chi connectivity index (χ0) is 9.73. The summed E-state index contributed by atoms with van der Waals surface area (Å²) in [6, 6.07) is 10.4. The van der Waals surface area contributed by atoms with Gasteiger partial charge in [-0.25, -0.2) is 0 Å². The van der Waals surface area contributed by atoms with Gasteiger partial charge in [0, 0.05) is 11.5 Å². The second-order valence-corrected chi connectivity index (χ2v) is 4.32. The van der Waals surface area contributed by atoms with Gasteiger partial charge in [-0.05, 0) is 18.9 Å². The van der Waals surface area contributed by atoms with Crippen molar-refractivity contribution in [3.63, 3.8) is 0 Å². The van der Waals surface area contributed by atoms with Crippen molar-refractivity contribution in [3.8, 4) is 0 Å². The lowest BCUT2D eigenvalue weighted by molar-refractivity contribution is 0.000219. The van der Waals surface area contributed by atoms with Gasteiger partial charge in [0.05, 0.1) is 5.60 Å². The molecule has 0 aromatic heterocycles. The van der Waals surface area contributed by atoms with E-state index in [2.05, 4.69) is 53.8 Å². The van der Waals surface area contributed by atoms with Gasteiger partial charge in [0.15, 0.2) is 0 Å². The maximum atomic E-state index is 5.56. The average molecular weight is 290 g/mol. The summed E-state index contributed by atoms with van der Waals surface area (Å²) in [5.41, 5.74) is 1.14. The number of hydrogen-bond donors (Lipinski definition) is 0. The molecule has 0 amide bonds. The van der Waals surface area contributed by atoms with E-state index in [9.17, 15) is 0 Å². The minimum absolute atomic E-state index is 0.123. The third-order valence-electron chi connectivity index (χ3n) is 2.41. The van der Waals surface area contributed by atoms with Gasteiger partial charge in [-0.15, -0.1) is 0 Å². The summed E-state index contributed by atoms with van der Waals surface area (Å²) < 4.78 is 6.67. The van der Waals surface area contributed by atoms with E-state index in [1.807, 2.05) is 6.07 Å². The molecule has 0 saturated heterocycles. The maximum Gasteiger partial charge on any atom is 0.0906 e. The lowest BCUT2D eigenvalue weighted by Gasteiger charge is -2.27. The lowest BCUT2D eigenvalue weighted by Crippen LogP contribution is -2.24. The summed E-state index contributed by atoms with van der Waals surface area (Å²) in [6.07, 6.45) is 1.05. The van der Waals surface area contributed by atoms with Crippen molar-refractivity contribution in [1.82, 2.24) is 0 Å². The fourth-order valence-electron chi connectivity index (χ4n) is 1.34.